The number of aryl methyl sites for hydroxylation is 2. The molecule has 100 valence electrons. The van der Waals surface area contributed by atoms with Crippen molar-refractivity contribution in [3.8, 4) is 0 Å². The molecule has 1 aliphatic heterocycles. The van der Waals surface area contributed by atoms with Crippen LogP contribution in [0.1, 0.15) is 28.5 Å². The fourth-order valence-electron chi connectivity index (χ4n) is 2.41. The van der Waals surface area contributed by atoms with Gasteiger partial charge < -0.3 is 0 Å². The Balaban J connectivity index is 2.30. The second kappa shape index (κ2) is 5.03. The number of hydrogen-bond donors (Lipinski definition) is 0. The molecule has 0 N–H and O–H groups in total. The van der Waals surface area contributed by atoms with Crippen LogP contribution in [0.4, 0.5) is 0 Å². The monoisotopic (exact) mass is 306 g/mol. The van der Waals surface area contributed by atoms with Crippen LogP contribution in [0.25, 0.3) is 0 Å². The molecule has 2 nitrogen and oxygen atoms in total. The van der Waals surface area contributed by atoms with Gasteiger partial charge in [0.05, 0.1) is 16.9 Å². The van der Waals surface area contributed by atoms with E-state index in [-0.39, 0.29) is 22.8 Å². The van der Waals surface area contributed by atoms with Crippen molar-refractivity contribution >= 4 is 33.0 Å². The minimum atomic E-state index is -2.89. The first-order valence-corrected chi connectivity index (χ1v) is 8.55. The Labute approximate surface area is 118 Å². The highest BCUT2D eigenvalue weighted by molar-refractivity contribution is 7.91. The van der Waals surface area contributed by atoms with Crippen LogP contribution in [0, 0.1) is 19.8 Å². The average molecular weight is 307 g/mol. The van der Waals surface area contributed by atoms with Crippen LogP contribution in [0.5, 0.6) is 0 Å². The van der Waals surface area contributed by atoms with Gasteiger partial charge in [-0.25, -0.2) is 8.42 Å². The largest absolute Gasteiger partial charge is 0.229 e. The molecule has 0 aromatic heterocycles. The molecule has 18 heavy (non-hydrogen) atoms. The number of alkyl halides is 1. The van der Waals surface area contributed by atoms with Gasteiger partial charge in [0.25, 0.3) is 0 Å². The SMILES string of the molecule is Cc1cc(C(Cl)C2CCS(=O)(=O)C2)c(C)cc1Cl. The Bertz CT molecular complexity index is 567. The van der Waals surface area contributed by atoms with Crippen molar-refractivity contribution in [2.24, 2.45) is 5.92 Å². The van der Waals surface area contributed by atoms with E-state index in [1.165, 1.54) is 0 Å². The smallest absolute Gasteiger partial charge is 0.150 e. The lowest BCUT2D eigenvalue weighted by atomic mass is 9.94. The summed E-state index contributed by atoms with van der Waals surface area (Å²) in [6, 6.07) is 3.87. The second-order valence-electron chi connectivity index (χ2n) is 5.02. The highest BCUT2D eigenvalue weighted by Crippen LogP contribution is 2.38. The Kier molecular flexibility index (Phi) is 3.96. The first-order chi connectivity index (χ1) is 8.30. The molecule has 1 fully saturated rings. The molecule has 0 aliphatic carbocycles. The van der Waals surface area contributed by atoms with Crippen molar-refractivity contribution in [3.05, 3.63) is 33.8 Å². The Morgan fingerprint density at radius 3 is 2.50 bits per heavy atom. The molecule has 0 saturated carbocycles. The van der Waals surface area contributed by atoms with Gasteiger partial charge in [0.15, 0.2) is 9.84 Å². The van der Waals surface area contributed by atoms with Gasteiger partial charge in [0.1, 0.15) is 0 Å². The van der Waals surface area contributed by atoms with Gasteiger partial charge in [0, 0.05) is 5.02 Å². The van der Waals surface area contributed by atoms with Crippen molar-refractivity contribution in [2.75, 3.05) is 11.5 Å². The zero-order chi connectivity index (χ0) is 13.5. The number of hydrogen-bond acceptors (Lipinski definition) is 2. The molecule has 5 heteroatoms. The molecule has 1 saturated heterocycles. The normalized spacial score (nSPS) is 24.1. The van der Waals surface area contributed by atoms with Crippen LogP contribution < -0.4 is 0 Å². The van der Waals surface area contributed by atoms with E-state index in [2.05, 4.69) is 0 Å². The van der Waals surface area contributed by atoms with Gasteiger partial charge in [-0.2, -0.15) is 0 Å². The maximum absolute atomic E-state index is 11.5. The van der Waals surface area contributed by atoms with Gasteiger partial charge >= 0.3 is 0 Å². The van der Waals surface area contributed by atoms with Gasteiger partial charge in [-0.3, -0.25) is 0 Å². The van der Waals surface area contributed by atoms with E-state index < -0.39 is 9.84 Å². The Hall–Kier alpha value is -0.250. The van der Waals surface area contributed by atoms with Crippen LogP contribution in [-0.4, -0.2) is 19.9 Å². The van der Waals surface area contributed by atoms with E-state index >= 15 is 0 Å². The first kappa shape index (κ1) is 14.2. The minimum absolute atomic E-state index is 0.0101. The number of sulfone groups is 1. The number of rotatable bonds is 2. The number of benzene rings is 1. The van der Waals surface area contributed by atoms with Crippen LogP contribution in [0.3, 0.4) is 0 Å². The van der Waals surface area contributed by atoms with Gasteiger partial charge in [-0.05, 0) is 48.9 Å². The molecule has 2 unspecified atom stereocenters. The summed E-state index contributed by atoms with van der Waals surface area (Å²) in [4.78, 5) is 0. The summed E-state index contributed by atoms with van der Waals surface area (Å²) in [5.74, 6) is 0.463. The summed E-state index contributed by atoms with van der Waals surface area (Å²) >= 11 is 12.5. The molecule has 2 atom stereocenters. The average Bonchev–Trinajstić information content (AvgIpc) is 2.63. The predicted molar refractivity (Wildman–Crippen MR) is 76.3 cm³/mol. The second-order valence-corrected chi connectivity index (χ2v) is 8.13. The fourth-order valence-corrected chi connectivity index (χ4v) is 5.02. The van der Waals surface area contributed by atoms with Crippen molar-refractivity contribution < 1.29 is 8.42 Å². The van der Waals surface area contributed by atoms with E-state index in [1.807, 2.05) is 26.0 Å². The van der Waals surface area contributed by atoms with Crippen LogP contribution in [0.2, 0.25) is 5.02 Å². The quantitative estimate of drug-likeness (QED) is 0.781. The maximum atomic E-state index is 11.5. The standard InChI is InChI=1S/C13H16Cl2O2S/c1-8-6-12(14)9(2)5-11(8)13(15)10-3-4-18(16,17)7-10/h5-6,10,13H,3-4,7H2,1-2H3. The molecular formula is C13H16Cl2O2S. The summed E-state index contributed by atoms with van der Waals surface area (Å²) in [6.45, 7) is 3.89. The summed E-state index contributed by atoms with van der Waals surface area (Å²) in [5.41, 5.74) is 3.00. The van der Waals surface area contributed by atoms with Crippen molar-refractivity contribution in [1.29, 1.82) is 0 Å². The van der Waals surface area contributed by atoms with Gasteiger partial charge in [-0.15, -0.1) is 11.6 Å². The minimum Gasteiger partial charge on any atom is -0.229 e. The summed E-state index contributed by atoms with van der Waals surface area (Å²) < 4.78 is 23.0. The third-order valence-corrected chi connectivity index (χ3v) is 6.32. The lowest BCUT2D eigenvalue weighted by Crippen LogP contribution is -2.11. The molecular weight excluding hydrogens is 291 g/mol. The Morgan fingerprint density at radius 2 is 1.94 bits per heavy atom. The van der Waals surface area contributed by atoms with E-state index in [1.54, 1.807) is 0 Å². The van der Waals surface area contributed by atoms with Crippen molar-refractivity contribution in [1.82, 2.24) is 0 Å². The van der Waals surface area contributed by atoms with Crippen LogP contribution >= 0.6 is 23.2 Å². The molecule has 0 radical (unpaired) electrons. The van der Waals surface area contributed by atoms with Crippen LogP contribution in [0.15, 0.2) is 12.1 Å². The summed E-state index contributed by atoms with van der Waals surface area (Å²) in [6.07, 6.45) is 0.650. The number of halogens is 2. The zero-order valence-corrected chi connectivity index (χ0v) is 12.7. The third kappa shape index (κ3) is 2.84. The van der Waals surface area contributed by atoms with Gasteiger partial charge in [-0.1, -0.05) is 17.7 Å². The molecule has 0 amide bonds. The fraction of sp³-hybridized carbons (Fsp3) is 0.538. The topological polar surface area (TPSA) is 34.1 Å². The molecule has 2 rings (SSSR count). The maximum Gasteiger partial charge on any atom is 0.150 e. The molecule has 1 heterocycles. The van der Waals surface area contributed by atoms with Crippen molar-refractivity contribution in [3.63, 3.8) is 0 Å². The van der Waals surface area contributed by atoms with Crippen LogP contribution in [-0.2, 0) is 9.84 Å². The van der Waals surface area contributed by atoms with E-state index in [0.29, 0.717) is 6.42 Å². The first-order valence-electron chi connectivity index (χ1n) is 5.91. The predicted octanol–water partition coefficient (Wildman–Crippen LogP) is 3.67. The zero-order valence-electron chi connectivity index (χ0n) is 10.4. The lowest BCUT2D eigenvalue weighted by Gasteiger charge is -2.19. The van der Waals surface area contributed by atoms with E-state index in [0.717, 1.165) is 21.7 Å². The summed E-state index contributed by atoms with van der Waals surface area (Å²) in [5, 5.41) is 0.470. The molecule has 1 aromatic rings. The summed E-state index contributed by atoms with van der Waals surface area (Å²) in [7, 11) is -2.89. The van der Waals surface area contributed by atoms with Gasteiger partial charge in [0.2, 0.25) is 0 Å². The third-order valence-electron chi connectivity index (χ3n) is 3.53. The van der Waals surface area contributed by atoms with E-state index in [9.17, 15) is 8.42 Å². The molecule has 0 bridgehead atoms. The van der Waals surface area contributed by atoms with Crippen molar-refractivity contribution in [2.45, 2.75) is 25.6 Å². The highest BCUT2D eigenvalue weighted by Gasteiger charge is 2.34. The molecule has 1 aromatic carbocycles. The Morgan fingerprint density at radius 1 is 1.28 bits per heavy atom. The molecule has 1 aliphatic rings. The molecule has 0 spiro atoms. The lowest BCUT2D eigenvalue weighted by molar-refractivity contribution is 0.567. The highest BCUT2D eigenvalue weighted by atomic mass is 35.5. The van der Waals surface area contributed by atoms with E-state index in [4.69, 9.17) is 23.2 Å².